The van der Waals surface area contributed by atoms with Gasteiger partial charge in [-0.15, -0.1) is 11.3 Å². The molecule has 3 rings (SSSR count). The predicted octanol–water partition coefficient (Wildman–Crippen LogP) is 2.83. The Balaban J connectivity index is 1.75. The number of thiophene rings is 1. The fourth-order valence-corrected chi connectivity index (χ4v) is 4.51. The fourth-order valence-electron chi connectivity index (χ4n) is 3.29. The molecule has 0 spiro atoms. The molecular weight excluding hydrogens is 268 g/mol. The maximum atomic E-state index is 12.6. The summed E-state index contributed by atoms with van der Waals surface area (Å²) in [6, 6.07) is 2.16. The second-order valence-corrected chi connectivity index (χ2v) is 7.75. The SMILES string of the molecule is CC1(CN)CCN(C(=O)c2cc3c(s2)CCCCC3)C1. The average Bonchev–Trinajstić information content (AvgIpc) is 2.97. The van der Waals surface area contributed by atoms with Gasteiger partial charge in [0.05, 0.1) is 4.88 Å². The summed E-state index contributed by atoms with van der Waals surface area (Å²) in [7, 11) is 0. The van der Waals surface area contributed by atoms with Crippen molar-refractivity contribution in [1.29, 1.82) is 0 Å². The summed E-state index contributed by atoms with van der Waals surface area (Å²) in [6.45, 7) is 4.52. The van der Waals surface area contributed by atoms with Gasteiger partial charge in [-0.1, -0.05) is 13.3 Å². The van der Waals surface area contributed by atoms with Gasteiger partial charge in [0.25, 0.3) is 5.91 Å². The second-order valence-electron chi connectivity index (χ2n) is 6.61. The molecule has 0 saturated carbocycles. The van der Waals surface area contributed by atoms with E-state index in [2.05, 4.69) is 13.0 Å². The zero-order valence-corrected chi connectivity index (χ0v) is 13.1. The highest BCUT2D eigenvalue weighted by Gasteiger charge is 2.35. The van der Waals surface area contributed by atoms with E-state index in [0.29, 0.717) is 6.54 Å². The van der Waals surface area contributed by atoms with Crippen LogP contribution in [0.5, 0.6) is 0 Å². The van der Waals surface area contributed by atoms with E-state index < -0.39 is 0 Å². The van der Waals surface area contributed by atoms with Crippen LogP contribution in [0.1, 0.15) is 52.7 Å². The Morgan fingerprint density at radius 1 is 1.40 bits per heavy atom. The lowest BCUT2D eigenvalue weighted by molar-refractivity contribution is 0.0781. The van der Waals surface area contributed by atoms with E-state index >= 15 is 0 Å². The first kappa shape index (κ1) is 14.1. The molecule has 2 heterocycles. The molecule has 1 aliphatic heterocycles. The minimum Gasteiger partial charge on any atom is -0.337 e. The number of hydrogen-bond acceptors (Lipinski definition) is 3. The minimum atomic E-state index is 0.115. The van der Waals surface area contributed by atoms with Crippen molar-refractivity contribution in [2.75, 3.05) is 19.6 Å². The largest absolute Gasteiger partial charge is 0.337 e. The Morgan fingerprint density at radius 3 is 2.95 bits per heavy atom. The summed E-state index contributed by atoms with van der Waals surface area (Å²) in [5.41, 5.74) is 7.37. The third kappa shape index (κ3) is 2.63. The third-order valence-electron chi connectivity index (χ3n) is 4.80. The summed E-state index contributed by atoms with van der Waals surface area (Å²) in [4.78, 5) is 17.0. The monoisotopic (exact) mass is 292 g/mol. The number of carbonyl (C=O) groups excluding carboxylic acids is 1. The van der Waals surface area contributed by atoms with E-state index in [-0.39, 0.29) is 11.3 Å². The Kier molecular flexibility index (Phi) is 3.87. The van der Waals surface area contributed by atoms with Gasteiger partial charge in [0.1, 0.15) is 0 Å². The molecular formula is C16H24N2OS. The normalized spacial score (nSPS) is 26.4. The lowest BCUT2D eigenvalue weighted by atomic mass is 9.90. The average molecular weight is 292 g/mol. The summed E-state index contributed by atoms with van der Waals surface area (Å²) < 4.78 is 0. The van der Waals surface area contributed by atoms with Crippen LogP contribution < -0.4 is 5.73 Å². The van der Waals surface area contributed by atoms with Gasteiger partial charge in [0.15, 0.2) is 0 Å². The number of amides is 1. The molecule has 1 amide bonds. The van der Waals surface area contributed by atoms with Crippen molar-refractivity contribution in [2.45, 2.75) is 45.4 Å². The molecule has 110 valence electrons. The highest BCUT2D eigenvalue weighted by Crippen LogP contribution is 2.33. The molecule has 1 fully saturated rings. The molecule has 0 radical (unpaired) electrons. The number of hydrogen-bond donors (Lipinski definition) is 1. The molecule has 2 N–H and O–H groups in total. The minimum absolute atomic E-state index is 0.115. The smallest absolute Gasteiger partial charge is 0.263 e. The second kappa shape index (κ2) is 5.49. The number of fused-ring (bicyclic) bond motifs is 1. The van der Waals surface area contributed by atoms with Gasteiger partial charge in [-0.2, -0.15) is 0 Å². The van der Waals surface area contributed by atoms with Crippen LogP contribution in [0.4, 0.5) is 0 Å². The summed E-state index contributed by atoms with van der Waals surface area (Å²) in [5.74, 6) is 0.222. The molecule has 1 aliphatic carbocycles. The fraction of sp³-hybridized carbons (Fsp3) is 0.688. The van der Waals surface area contributed by atoms with Crippen molar-refractivity contribution >= 4 is 17.2 Å². The van der Waals surface area contributed by atoms with Gasteiger partial charge in [0, 0.05) is 18.0 Å². The molecule has 2 aliphatic rings. The highest BCUT2D eigenvalue weighted by molar-refractivity contribution is 7.14. The van der Waals surface area contributed by atoms with Crippen molar-refractivity contribution in [3.8, 4) is 0 Å². The molecule has 1 aromatic rings. The predicted molar refractivity (Wildman–Crippen MR) is 83.3 cm³/mol. The quantitative estimate of drug-likeness (QED) is 0.852. The standard InChI is InChI=1S/C16H24N2OS/c1-16(10-17)7-8-18(11-16)15(19)14-9-12-5-3-2-4-6-13(12)20-14/h9H,2-8,10-11,17H2,1H3. The number of carbonyl (C=O) groups is 1. The van der Waals surface area contributed by atoms with Crippen LogP contribution in [0, 0.1) is 5.41 Å². The van der Waals surface area contributed by atoms with E-state index in [1.165, 1.54) is 29.7 Å². The van der Waals surface area contributed by atoms with Crippen molar-refractivity contribution < 1.29 is 4.79 Å². The first-order valence-corrected chi connectivity index (χ1v) is 8.54. The van der Waals surface area contributed by atoms with Crippen LogP contribution in [-0.2, 0) is 12.8 Å². The van der Waals surface area contributed by atoms with Gasteiger partial charge in [0.2, 0.25) is 0 Å². The van der Waals surface area contributed by atoms with Crippen molar-refractivity contribution in [2.24, 2.45) is 11.1 Å². The molecule has 0 bridgehead atoms. The van der Waals surface area contributed by atoms with E-state index in [9.17, 15) is 4.79 Å². The maximum Gasteiger partial charge on any atom is 0.263 e. The van der Waals surface area contributed by atoms with E-state index in [1.807, 2.05) is 4.90 Å². The van der Waals surface area contributed by atoms with Gasteiger partial charge in [-0.05, 0) is 55.7 Å². The van der Waals surface area contributed by atoms with Gasteiger partial charge >= 0.3 is 0 Å². The van der Waals surface area contributed by atoms with Crippen LogP contribution in [0.2, 0.25) is 0 Å². The Morgan fingerprint density at radius 2 is 2.20 bits per heavy atom. The van der Waals surface area contributed by atoms with Crippen LogP contribution >= 0.6 is 11.3 Å². The molecule has 20 heavy (non-hydrogen) atoms. The van der Waals surface area contributed by atoms with Crippen molar-refractivity contribution in [3.63, 3.8) is 0 Å². The highest BCUT2D eigenvalue weighted by atomic mass is 32.1. The maximum absolute atomic E-state index is 12.6. The van der Waals surface area contributed by atoms with Crippen LogP contribution in [-0.4, -0.2) is 30.4 Å². The molecule has 1 unspecified atom stereocenters. The number of nitrogens with zero attached hydrogens (tertiary/aromatic N) is 1. The Bertz CT molecular complexity index is 487. The number of aryl methyl sites for hydroxylation is 2. The van der Waals surface area contributed by atoms with E-state index in [4.69, 9.17) is 5.73 Å². The summed E-state index contributed by atoms with van der Waals surface area (Å²) in [6.07, 6.45) is 7.21. The topological polar surface area (TPSA) is 46.3 Å². The Hall–Kier alpha value is -0.870. The molecule has 4 heteroatoms. The van der Waals surface area contributed by atoms with Gasteiger partial charge in [-0.3, -0.25) is 4.79 Å². The summed E-state index contributed by atoms with van der Waals surface area (Å²) in [5, 5.41) is 0. The van der Waals surface area contributed by atoms with Gasteiger partial charge in [-0.25, -0.2) is 0 Å². The number of likely N-dealkylation sites (tertiary alicyclic amines) is 1. The number of nitrogens with two attached hydrogens (primary N) is 1. The first-order chi connectivity index (χ1) is 9.61. The molecule has 0 aromatic carbocycles. The van der Waals surface area contributed by atoms with Crippen molar-refractivity contribution in [3.05, 3.63) is 21.4 Å². The molecule has 3 nitrogen and oxygen atoms in total. The molecule has 1 atom stereocenters. The summed E-state index contributed by atoms with van der Waals surface area (Å²) >= 11 is 1.73. The van der Waals surface area contributed by atoms with Gasteiger partial charge < -0.3 is 10.6 Å². The molecule has 1 saturated heterocycles. The van der Waals surface area contributed by atoms with Crippen LogP contribution in [0.3, 0.4) is 0 Å². The lowest BCUT2D eigenvalue weighted by Gasteiger charge is -2.22. The van der Waals surface area contributed by atoms with E-state index in [0.717, 1.165) is 37.2 Å². The van der Waals surface area contributed by atoms with Crippen molar-refractivity contribution in [1.82, 2.24) is 4.90 Å². The zero-order valence-electron chi connectivity index (χ0n) is 12.3. The first-order valence-electron chi connectivity index (χ1n) is 7.72. The third-order valence-corrected chi connectivity index (χ3v) is 6.02. The zero-order chi connectivity index (χ0) is 14.2. The van der Waals surface area contributed by atoms with Crippen LogP contribution in [0.25, 0.3) is 0 Å². The lowest BCUT2D eigenvalue weighted by Crippen LogP contribution is -2.34. The van der Waals surface area contributed by atoms with E-state index in [1.54, 1.807) is 11.3 Å². The van der Waals surface area contributed by atoms with Crippen LogP contribution in [0.15, 0.2) is 6.07 Å². The number of rotatable bonds is 2. The molecule has 1 aromatic heterocycles. The Labute approximate surface area is 125 Å².